The molecule has 0 unspecified atom stereocenters. The Morgan fingerprint density at radius 1 is 1.17 bits per heavy atom. The summed E-state index contributed by atoms with van der Waals surface area (Å²) in [6, 6.07) is 1.14. The average molecular weight is 193 g/mol. The van der Waals surface area contributed by atoms with Crippen molar-refractivity contribution in [1.82, 2.24) is 5.32 Å². The smallest absolute Gasteiger partial charge is 0.320 e. The Bertz CT molecular complexity index is 70.1. The van der Waals surface area contributed by atoms with E-state index < -0.39 is 9.28 Å². The maximum atomic E-state index is 5.12. The first-order valence-electron chi connectivity index (χ1n) is 4.40. The molecule has 0 aliphatic rings. The standard InChI is InChI=1S/C6H16O2Si.C2H7N/c1-4-5-6-9(7-2)8-3;1-3-2/h9H,4-6H2,1-3H3;3H,1-2H3. The van der Waals surface area contributed by atoms with Gasteiger partial charge >= 0.3 is 9.28 Å². The van der Waals surface area contributed by atoms with Crippen LogP contribution >= 0.6 is 0 Å². The van der Waals surface area contributed by atoms with Gasteiger partial charge in [-0.2, -0.15) is 0 Å². The summed E-state index contributed by atoms with van der Waals surface area (Å²) in [6.45, 7) is 2.18. The lowest BCUT2D eigenvalue weighted by Gasteiger charge is -2.08. The Morgan fingerprint density at radius 2 is 1.58 bits per heavy atom. The lowest BCUT2D eigenvalue weighted by molar-refractivity contribution is 0.276. The zero-order chi connectivity index (χ0) is 9.82. The van der Waals surface area contributed by atoms with Crippen molar-refractivity contribution in [2.45, 2.75) is 25.8 Å². The van der Waals surface area contributed by atoms with Gasteiger partial charge in [0.1, 0.15) is 0 Å². The van der Waals surface area contributed by atoms with Crippen LogP contribution in [0.4, 0.5) is 0 Å². The van der Waals surface area contributed by atoms with Gasteiger partial charge < -0.3 is 14.2 Å². The van der Waals surface area contributed by atoms with Crippen LogP contribution in [0.3, 0.4) is 0 Å². The molecule has 3 nitrogen and oxygen atoms in total. The molecule has 4 heteroatoms. The van der Waals surface area contributed by atoms with Crippen molar-refractivity contribution in [3.63, 3.8) is 0 Å². The predicted octanol–water partition coefficient (Wildman–Crippen LogP) is 1.14. The van der Waals surface area contributed by atoms with Gasteiger partial charge in [0.25, 0.3) is 0 Å². The highest BCUT2D eigenvalue weighted by Gasteiger charge is 2.06. The highest BCUT2D eigenvalue weighted by molar-refractivity contribution is 6.44. The highest BCUT2D eigenvalue weighted by atomic mass is 28.3. The Morgan fingerprint density at radius 3 is 1.83 bits per heavy atom. The number of rotatable bonds is 5. The van der Waals surface area contributed by atoms with E-state index in [2.05, 4.69) is 12.2 Å². The molecule has 0 bridgehead atoms. The van der Waals surface area contributed by atoms with E-state index in [9.17, 15) is 0 Å². The predicted molar refractivity (Wildman–Crippen MR) is 55.9 cm³/mol. The summed E-state index contributed by atoms with van der Waals surface area (Å²) in [7, 11) is 6.00. The van der Waals surface area contributed by atoms with E-state index in [4.69, 9.17) is 8.85 Å². The summed E-state index contributed by atoms with van der Waals surface area (Å²) >= 11 is 0. The number of hydrogen-bond donors (Lipinski definition) is 1. The van der Waals surface area contributed by atoms with E-state index in [1.165, 1.54) is 12.8 Å². The fraction of sp³-hybridized carbons (Fsp3) is 1.00. The minimum atomic E-state index is -1.21. The first kappa shape index (κ1) is 14.6. The van der Waals surface area contributed by atoms with Crippen molar-refractivity contribution in [3.8, 4) is 0 Å². The van der Waals surface area contributed by atoms with Crippen LogP contribution < -0.4 is 5.32 Å². The van der Waals surface area contributed by atoms with E-state index >= 15 is 0 Å². The summed E-state index contributed by atoms with van der Waals surface area (Å²) in [4.78, 5) is 0. The topological polar surface area (TPSA) is 30.5 Å². The second kappa shape index (κ2) is 13.7. The molecule has 76 valence electrons. The van der Waals surface area contributed by atoms with Gasteiger partial charge in [-0.1, -0.05) is 19.8 Å². The lowest BCUT2D eigenvalue weighted by atomic mass is 10.4. The number of nitrogens with one attached hydrogen (secondary N) is 1. The summed E-state index contributed by atoms with van der Waals surface area (Å²) in [6.07, 6.45) is 2.47. The number of unbranched alkanes of at least 4 members (excludes halogenated alkanes) is 1. The maximum Gasteiger partial charge on any atom is 0.320 e. The van der Waals surface area contributed by atoms with E-state index in [0.717, 1.165) is 6.04 Å². The fourth-order valence-corrected chi connectivity index (χ4v) is 2.11. The molecule has 0 radical (unpaired) electrons. The minimum Gasteiger partial charge on any atom is -0.400 e. The van der Waals surface area contributed by atoms with Gasteiger partial charge in [-0.05, 0) is 20.1 Å². The number of hydrogen-bond acceptors (Lipinski definition) is 3. The molecule has 0 heterocycles. The van der Waals surface area contributed by atoms with Crippen molar-refractivity contribution >= 4 is 9.28 Å². The van der Waals surface area contributed by atoms with Gasteiger partial charge in [0, 0.05) is 14.2 Å². The SMILES string of the molecule is CCCC[SiH](OC)OC.CNC. The monoisotopic (exact) mass is 193 g/mol. The van der Waals surface area contributed by atoms with Gasteiger partial charge in [-0.3, -0.25) is 0 Å². The molecule has 0 atom stereocenters. The highest BCUT2D eigenvalue weighted by Crippen LogP contribution is 2.01. The second-order valence-corrected chi connectivity index (χ2v) is 4.92. The van der Waals surface area contributed by atoms with Gasteiger partial charge in [0.15, 0.2) is 0 Å². The third kappa shape index (κ3) is 12.7. The van der Waals surface area contributed by atoms with Gasteiger partial charge in [-0.25, -0.2) is 0 Å². The molecular weight excluding hydrogens is 170 g/mol. The van der Waals surface area contributed by atoms with Crippen molar-refractivity contribution in [1.29, 1.82) is 0 Å². The molecule has 0 fully saturated rings. The van der Waals surface area contributed by atoms with Crippen LogP contribution in [-0.4, -0.2) is 37.6 Å². The quantitative estimate of drug-likeness (QED) is 0.664. The molecule has 0 aromatic carbocycles. The van der Waals surface area contributed by atoms with Crippen molar-refractivity contribution in [2.75, 3.05) is 28.3 Å². The molecule has 0 saturated carbocycles. The fourth-order valence-electron chi connectivity index (χ4n) is 0.703. The summed E-state index contributed by atoms with van der Waals surface area (Å²) in [5.74, 6) is 0. The molecule has 0 aromatic rings. The molecule has 0 amide bonds. The van der Waals surface area contributed by atoms with Crippen molar-refractivity contribution in [2.24, 2.45) is 0 Å². The summed E-state index contributed by atoms with van der Waals surface area (Å²) in [5.41, 5.74) is 0. The summed E-state index contributed by atoms with van der Waals surface area (Å²) < 4.78 is 10.2. The molecule has 0 spiro atoms. The second-order valence-electron chi connectivity index (χ2n) is 2.54. The van der Waals surface area contributed by atoms with Crippen LogP contribution in [0.15, 0.2) is 0 Å². The molecule has 0 aliphatic heterocycles. The van der Waals surface area contributed by atoms with Crippen LogP contribution in [0.2, 0.25) is 6.04 Å². The Hall–Kier alpha value is 0.0969. The minimum absolute atomic E-state index is 1.14. The average Bonchev–Trinajstić information content (AvgIpc) is 2.08. The first-order chi connectivity index (χ1) is 5.76. The van der Waals surface area contributed by atoms with Crippen LogP contribution in [0.1, 0.15) is 19.8 Å². The molecular formula is C8H23NO2Si. The van der Waals surface area contributed by atoms with Crippen LogP contribution in [-0.2, 0) is 8.85 Å². The third-order valence-electron chi connectivity index (χ3n) is 1.32. The lowest BCUT2D eigenvalue weighted by Crippen LogP contribution is -2.18. The molecule has 0 aliphatic carbocycles. The zero-order valence-electron chi connectivity index (χ0n) is 9.02. The molecule has 0 saturated heterocycles. The van der Waals surface area contributed by atoms with E-state index in [0.29, 0.717) is 0 Å². The maximum absolute atomic E-state index is 5.12. The Labute approximate surface area is 78.3 Å². The van der Waals surface area contributed by atoms with E-state index in [1.54, 1.807) is 14.2 Å². The molecule has 1 N–H and O–H groups in total. The van der Waals surface area contributed by atoms with Crippen molar-refractivity contribution in [3.05, 3.63) is 0 Å². The third-order valence-corrected chi connectivity index (χ3v) is 3.25. The Kier molecular flexibility index (Phi) is 16.6. The molecule has 0 rings (SSSR count). The Balaban J connectivity index is 0. The van der Waals surface area contributed by atoms with Crippen LogP contribution in [0.5, 0.6) is 0 Å². The van der Waals surface area contributed by atoms with Gasteiger partial charge in [0.2, 0.25) is 0 Å². The van der Waals surface area contributed by atoms with Crippen LogP contribution in [0.25, 0.3) is 0 Å². The van der Waals surface area contributed by atoms with Crippen LogP contribution in [0, 0.1) is 0 Å². The first-order valence-corrected chi connectivity index (χ1v) is 6.16. The van der Waals surface area contributed by atoms with E-state index in [1.807, 2.05) is 14.1 Å². The van der Waals surface area contributed by atoms with Gasteiger partial charge in [-0.15, -0.1) is 0 Å². The normalized spacial score (nSPS) is 9.50. The van der Waals surface area contributed by atoms with Gasteiger partial charge in [0.05, 0.1) is 0 Å². The van der Waals surface area contributed by atoms with Crippen molar-refractivity contribution < 1.29 is 8.85 Å². The van der Waals surface area contributed by atoms with E-state index in [-0.39, 0.29) is 0 Å². The zero-order valence-corrected chi connectivity index (χ0v) is 10.2. The molecule has 12 heavy (non-hydrogen) atoms. The largest absolute Gasteiger partial charge is 0.400 e. The molecule has 0 aromatic heterocycles. The summed E-state index contributed by atoms with van der Waals surface area (Å²) in [5, 5.41) is 2.75.